The van der Waals surface area contributed by atoms with Crippen molar-refractivity contribution in [2.24, 2.45) is 4.99 Å². The molecule has 1 N–H and O–H groups in total. The van der Waals surface area contributed by atoms with Crippen molar-refractivity contribution in [2.75, 3.05) is 30.9 Å². The van der Waals surface area contributed by atoms with Gasteiger partial charge in [0.05, 0.1) is 47.4 Å². The quantitative estimate of drug-likeness (QED) is 0.384. The monoisotopic (exact) mass is 527 g/mol. The molecule has 2 heterocycles. The number of fused-ring (bicyclic) bond motifs is 1. The van der Waals surface area contributed by atoms with Gasteiger partial charge in [0.2, 0.25) is 0 Å². The fourth-order valence-corrected chi connectivity index (χ4v) is 6.57. The maximum Gasteiger partial charge on any atom is 0.269 e. The topological polar surface area (TPSA) is 81.0 Å². The van der Waals surface area contributed by atoms with E-state index in [0.29, 0.717) is 34.4 Å². The summed E-state index contributed by atoms with van der Waals surface area (Å²) in [6.07, 6.45) is 0. The lowest BCUT2D eigenvalue weighted by Gasteiger charge is -2.18. The lowest BCUT2D eigenvalue weighted by molar-refractivity contribution is -0.122. The van der Waals surface area contributed by atoms with Crippen LogP contribution in [-0.2, 0) is 11.3 Å². The average Bonchev–Trinajstić information content (AvgIpc) is 3.41. The lowest BCUT2D eigenvalue weighted by atomic mass is 10.2. The number of nitriles is 1. The molecule has 1 saturated heterocycles. The van der Waals surface area contributed by atoms with Gasteiger partial charge in [-0.1, -0.05) is 48.2 Å². The van der Waals surface area contributed by atoms with Crippen LogP contribution < -0.4 is 15.0 Å². The number of para-hydroxylation sites is 1. The van der Waals surface area contributed by atoms with E-state index in [2.05, 4.69) is 11.4 Å². The van der Waals surface area contributed by atoms with Crippen molar-refractivity contribution >= 4 is 51.7 Å². The second-order valence-corrected chi connectivity index (χ2v) is 10.4. The van der Waals surface area contributed by atoms with Crippen molar-refractivity contribution in [1.82, 2.24) is 4.90 Å². The number of benzene rings is 3. The number of rotatable bonds is 6. The second kappa shape index (κ2) is 10.6. The molecule has 2 aliphatic rings. The van der Waals surface area contributed by atoms with E-state index in [-0.39, 0.29) is 5.91 Å². The molecule has 5 rings (SSSR count). The van der Waals surface area contributed by atoms with E-state index < -0.39 is 0 Å². The molecule has 0 bridgehead atoms. The Morgan fingerprint density at radius 1 is 1.08 bits per heavy atom. The summed E-state index contributed by atoms with van der Waals surface area (Å²) in [6, 6.07) is 23.3. The van der Waals surface area contributed by atoms with Crippen LogP contribution in [0.2, 0.25) is 0 Å². The molecule has 0 radical (unpaired) electrons. The van der Waals surface area contributed by atoms with Crippen LogP contribution >= 0.6 is 23.5 Å². The highest BCUT2D eigenvalue weighted by atomic mass is 32.2. The van der Waals surface area contributed by atoms with Crippen LogP contribution in [0.3, 0.4) is 0 Å². The number of ether oxygens (including phenoxy) is 1. The van der Waals surface area contributed by atoms with E-state index in [1.807, 2.05) is 73.5 Å². The first kappa shape index (κ1) is 24.8. The van der Waals surface area contributed by atoms with Gasteiger partial charge in [-0.25, -0.2) is 4.99 Å². The number of hydrogen-bond acceptors (Lipinski definition) is 8. The SMILES string of the molecule is CCNc1ccc(C#N)cc1/N=C1/S/C(=C2\Sc3cccc(OC)c3N2C)C(=O)N1Cc1ccccc1. The first-order valence-corrected chi connectivity index (χ1v) is 13.4. The highest BCUT2D eigenvalue weighted by molar-refractivity contribution is 8.19. The molecule has 0 unspecified atom stereocenters. The number of hydrogen-bond donors (Lipinski definition) is 1. The molecule has 186 valence electrons. The van der Waals surface area contributed by atoms with Crippen molar-refractivity contribution in [3.05, 3.63) is 87.8 Å². The third-order valence-electron chi connectivity index (χ3n) is 5.98. The smallest absolute Gasteiger partial charge is 0.269 e. The van der Waals surface area contributed by atoms with Crippen LogP contribution in [0, 0.1) is 11.3 Å². The fourth-order valence-electron chi connectivity index (χ4n) is 4.21. The molecule has 1 amide bonds. The third-order valence-corrected chi connectivity index (χ3v) is 8.40. The maximum absolute atomic E-state index is 13.9. The average molecular weight is 528 g/mol. The highest BCUT2D eigenvalue weighted by Gasteiger charge is 2.40. The van der Waals surface area contributed by atoms with Crippen LogP contribution in [0.15, 0.2) is 86.6 Å². The molecular formula is C28H25N5O2S2. The second-order valence-electron chi connectivity index (χ2n) is 8.35. The van der Waals surface area contributed by atoms with E-state index >= 15 is 0 Å². The summed E-state index contributed by atoms with van der Waals surface area (Å²) in [5, 5.41) is 14.2. The fraction of sp³-hybridized carbons (Fsp3) is 0.179. The number of anilines is 2. The highest BCUT2D eigenvalue weighted by Crippen LogP contribution is 2.53. The van der Waals surface area contributed by atoms with Gasteiger partial charge in [0.15, 0.2) is 5.17 Å². The first-order valence-electron chi connectivity index (χ1n) is 11.8. The third kappa shape index (κ3) is 4.78. The zero-order valence-electron chi connectivity index (χ0n) is 20.7. The van der Waals surface area contributed by atoms with E-state index in [4.69, 9.17) is 9.73 Å². The molecule has 7 nitrogen and oxygen atoms in total. The number of aliphatic imine (C=N–C) groups is 1. The number of carbonyl (C=O) groups excluding carboxylic acids is 1. The predicted octanol–water partition coefficient (Wildman–Crippen LogP) is 6.17. The minimum absolute atomic E-state index is 0.102. The van der Waals surface area contributed by atoms with Crippen LogP contribution in [0.1, 0.15) is 18.1 Å². The number of carbonyl (C=O) groups is 1. The van der Waals surface area contributed by atoms with Gasteiger partial charge in [0.25, 0.3) is 5.91 Å². The predicted molar refractivity (Wildman–Crippen MR) is 151 cm³/mol. The number of thioether (sulfide) groups is 2. The molecule has 2 aliphatic heterocycles. The lowest BCUT2D eigenvalue weighted by Crippen LogP contribution is -2.29. The summed E-state index contributed by atoms with van der Waals surface area (Å²) in [4.78, 5) is 24.2. The summed E-state index contributed by atoms with van der Waals surface area (Å²) in [6.45, 7) is 3.11. The molecule has 0 saturated carbocycles. The summed E-state index contributed by atoms with van der Waals surface area (Å²) >= 11 is 2.91. The Morgan fingerprint density at radius 2 is 1.89 bits per heavy atom. The normalized spacial score (nSPS) is 17.8. The van der Waals surface area contributed by atoms with Gasteiger partial charge in [-0.05, 0) is 54.6 Å². The molecule has 0 atom stereocenters. The van der Waals surface area contributed by atoms with Crippen molar-refractivity contribution in [2.45, 2.75) is 18.4 Å². The molecule has 0 aliphatic carbocycles. The van der Waals surface area contributed by atoms with Gasteiger partial charge >= 0.3 is 0 Å². The minimum Gasteiger partial charge on any atom is -0.495 e. The summed E-state index contributed by atoms with van der Waals surface area (Å²) < 4.78 is 5.59. The summed E-state index contributed by atoms with van der Waals surface area (Å²) in [5.74, 6) is 0.660. The van der Waals surface area contributed by atoms with E-state index in [1.54, 1.807) is 35.9 Å². The largest absolute Gasteiger partial charge is 0.495 e. The molecule has 3 aromatic rings. The Bertz CT molecular complexity index is 1460. The Kier molecular flexibility index (Phi) is 7.12. The van der Waals surface area contributed by atoms with Crippen molar-refractivity contribution in [3.63, 3.8) is 0 Å². The van der Waals surface area contributed by atoms with Crippen molar-refractivity contribution in [3.8, 4) is 11.8 Å². The number of methoxy groups -OCH3 is 1. The Morgan fingerprint density at radius 3 is 2.62 bits per heavy atom. The van der Waals surface area contributed by atoms with Crippen molar-refractivity contribution in [1.29, 1.82) is 5.26 Å². The molecule has 0 aromatic heterocycles. The summed E-state index contributed by atoms with van der Waals surface area (Å²) in [7, 11) is 3.60. The van der Waals surface area contributed by atoms with Crippen LogP contribution in [0.25, 0.3) is 0 Å². The Balaban J connectivity index is 1.60. The number of amidine groups is 1. The molecule has 3 aromatic carbocycles. The van der Waals surface area contributed by atoms with Gasteiger partial charge in [0, 0.05) is 18.5 Å². The molecule has 0 spiro atoms. The van der Waals surface area contributed by atoms with Gasteiger partial charge < -0.3 is 15.0 Å². The van der Waals surface area contributed by atoms with Crippen LogP contribution in [-0.4, -0.2) is 36.7 Å². The van der Waals surface area contributed by atoms with Gasteiger partial charge in [-0.3, -0.25) is 9.69 Å². The maximum atomic E-state index is 13.9. The zero-order chi connectivity index (χ0) is 25.9. The number of nitrogens with zero attached hydrogens (tertiary/aromatic N) is 4. The minimum atomic E-state index is -0.102. The van der Waals surface area contributed by atoms with Crippen LogP contribution in [0.5, 0.6) is 5.75 Å². The Labute approximate surface area is 224 Å². The molecule has 9 heteroatoms. The number of nitrogens with one attached hydrogen (secondary N) is 1. The van der Waals surface area contributed by atoms with Gasteiger partial charge in [0.1, 0.15) is 10.7 Å². The van der Waals surface area contributed by atoms with Crippen LogP contribution in [0.4, 0.5) is 17.1 Å². The van der Waals surface area contributed by atoms with Gasteiger partial charge in [-0.15, -0.1) is 0 Å². The van der Waals surface area contributed by atoms with E-state index in [9.17, 15) is 10.1 Å². The first-order chi connectivity index (χ1) is 18.0. The zero-order valence-corrected chi connectivity index (χ0v) is 22.3. The Hall–Kier alpha value is -3.87. The van der Waals surface area contributed by atoms with E-state index in [1.165, 1.54) is 11.8 Å². The summed E-state index contributed by atoms with van der Waals surface area (Å²) in [5.41, 5.74) is 3.90. The molecule has 37 heavy (non-hydrogen) atoms. The molecular weight excluding hydrogens is 502 g/mol. The number of amides is 1. The standard InChI is InChI=1S/C28H25N5O2S2/c1-4-30-20-14-13-19(16-29)15-21(20)31-28-33(17-18-9-6-5-7-10-18)26(34)25(37-28)27-32(2)24-22(35-3)11-8-12-23(24)36-27/h5-15,30H,4,17H2,1-3H3/b27-25-,31-28+. The van der Waals surface area contributed by atoms with Gasteiger partial charge in [-0.2, -0.15) is 5.26 Å². The van der Waals surface area contributed by atoms with Crippen molar-refractivity contribution < 1.29 is 9.53 Å². The van der Waals surface area contributed by atoms with E-state index in [0.717, 1.165) is 32.6 Å². The molecule has 1 fully saturated rings.